The summed E-state index contributed by atoms with van der Waals surface area (Å²) in [4.78, 5) is 18.8. The number of piperazine rings is 1. The van der Waals surface area contributed by atoms with Gasteiger partial charge in [0.2, 0.25) is 0 Å². The minimum Gasteiger partial charge on any atom is -0.314 e. The van der Waals surface area contributed by atoms with E-state index in [-0.39, 0.29) is 11.4 Å². The van der Waals surface area contributed by atoms with Crippen molar-refractivity contribution in [2.45, 2.75) is 6.54 Å². The Morgan fingerprint density at radius 3 is 2.85 bits per heavy atom. The highest BCUT2D eigenvalue weighted by atomic mass is 19.1. The fourth-order valence-electron chi connectivity index (χ4n) is 2.47. The van der Waals surface area contributed by atoms with Gasteiger partial charge < -0.3 is 5.32 Å². The first kappa shape index (κ1) is 13.2. The maximum absolute atomic E-state index is 13.1. The van der Waals surface area contributed by atoms with E-state index < -0.39 is 0 Å². The maximum Gasteiger partial charge on any atom is 0.261 e. The minimum absolute atomic E-state index is 0.106. The summed E-state index contributed by atoms with van der Waals surface area (Å²) in [5, 5.41) is 3.76. The van der Waals surface area contributed by atoms with Gasteiger partial charge in [-0.1, -0.05) is 0 Å². The van der Waals surface area contributed by atoms with Crippen molar-refractivity contribution in [3.8, 4) is 0 Å². The number of rotatable bonds is 3. The normalized spacial score (nSPS) is 16.6. The number of aromatic nitrogens is 2. The maximum atomic E-state index is 13.1. The molecule has 106 valence electrons. The molecule has 6 heteroatoms. The second-order valence-electron chi connectivity index (χ2n) is 5.00. The molecule has 1 aromatic carbocycles. The van der Waals surface area contributed by atoms with Gasteiger partial charge in [0.05, 0.1) is 17.2 Å². The number of hydrogen-bond donors (Lipinski definition) is 1. The molecule has 1 N–H and O–H groups in total. The number of nitrogens with zero attached hydrogens (tertiary/aromatic N) is 3. The van der Waals surface area contributed by atoms with Crippen molar-refractivity contribution in [1.82, 2.24) is 19.8 Å². The van der Waals surface area contributed by atoms with Crippen LogP contribution in [-0.2, 0) is 6.54 Å². The van der Waals surface area contributed by atoms with Crippen LogP contribution in [0.2, 0.25) is 0 Å². The first-order valence-electron chi connectivity index (χ1n) is 6.82. The predicted molar refractivity (Wildman–Crippen MR) is 75.3 cm³/mol. The van der Waals surface area contributed by atoms with E-state index in [2.05, 4.69) is 15.2 Å². The Morgan fingerprint density at radius 2 is 2.05 bits per heavy atom. The Kier molecular flexibility index (Phi) is 3.75. The van der Waals surface area contributed by atoms with Gasteiger partial charge in [0.15, 0.2) is 0 Å². The van der Waals surface area contributed by atoms with Crippen LogP contribution < -0.4 is 10.9 Å². The Labute approximate surface area is 116 Å². The molecule has 0 bridgehead atoms. The van der Waals surface area contributed by atoms with E-state index in [9.17, 15) is 9.18 Å². The number of fused-ring (bicyclic) bond motifs is 1. The number of halogens is 1. The van der Waals surface area contributed by atoms with E-state index in [1.165, 1.54) is 24.5 Å². The Bertz CT molecular complexity index is 664. The lowest BCUT2D eigenvalue weighted by molar-refractivity contribution is 0.231. The quantitative estimate of drug-likeness (QED) is 0.884. The molecule has 3 rings (SSSR count). The molecular formula is C14H17FN4O. The third kappa shape index (κ3) is 2.71. The van der Waals surface area contributed by atoms with Crippen molar-refractivity contribution in [3.05, 3.63) is 40.7 Å². The number of nitrogens with one attached hydrogen (secondary N) is 1. The van der Waals surface area contributed by atoms with Crippen molar-refractivity contribution in [1.29, 1.82) is 0 Å². The number of hydrogen-bond acceptors (Lipinski definition) is 4. The lowest BCUT2D eigenvalue weighted by Gasteiger charge is -2.27. The molecule has 1 aromatic heterocycles. The molecular weight excluding hydrogens is 259 g/mol. The second-order valence-corrected chi connectivity index (χ2v) is 5.00. The molecule has 0 saturated carbocycles. The zero-order valence-electron chi connectivity index (χ0n) is 11.2. The molecule has 2 aromatic rings. The summed E-state index contributed by atoms with van der Waals surface area (Å²) in [5.41, 5.74) is 0.304. The standard InChI is InChI=1S/C14H17FN4O/c15-11-1-2-12-13(9-11)17-10-19(14(12)20)8-7-18-5-3-16-4-6-18/h1-2,9-10,16H,3-8H2. The van der Waals surface area contributed by atoms with Crippen LogP contribution in [0.1, 0.15) is 0 Å². The fourth-order valence-corrected chi connectivity index (χ4v) is 2.47. The average Bonchev–Trinajstić information content (AvgIpc) is 2.47. The molecule has 1 aliphatic rings. The van der Waals surface area contributed by atoms with Crippen molar-refractivity contribution in [2.75, 3.05) is 32.7 Å². The van der Waals surface area contributed by atoms with Gasteiger partial charge in [-0.25, -0.2) is 9.37 Å². The topological polar surface area (TPSA) is 50.2 Å². The van der Waals surface area contributed by atoms with Crippen molar-refractivity contribution >= 4 is 10.9 Å². The molecule has 0 atom stereocenters. The molecule has 0 radical (unpaired) electrons. The van der Waals surface area contributed by atoms with Gasteiger partial charge in [-0.15, -0.1) is 0 Å². The van der Waals surface area contributed by atoms with Crippen molar-refractivity contribution in [3.63, 3.8) is 0 Å². The lowest BCUT2D eigenvalue weighted by atomic mass is 10.2. The van der Waals surface area contributed by atoms with Gasteiger partial charge in [-0.3, -0.25) is 14.3 Å². The van der Waals surface area contributed by atoms with Gasteiger partial charge in [0.1, 0.15) is 5.82 Å². The molecule has 0 unspecified atom stereocenters. The van der Waals surface area contributed by atoms with Crippen LogP contribution in [0, 0.1) is 5.82 Å². The van der Waals surface area contributed by atoms with E-state index in [4.69, 9.17) is 0 Å². The summed E-state index contributed by atoms with van der Waals surface area (Å²) in [6, 6.07) is 4.09. The minimum atomic E-state index is -0.372. The molecule has 1 aliphatic heterocycles. The molecule has 5 nitrogen and oxygen atoms in total. The predicted octanol–water partition coefficient (Wildman–Crippen LogP) is 0.441. The lowest BCUT2D eigenvalue weighted by Crippen LogP contribution is -2.45. The Hall–Kier alpha value is -1.79. The van der Waals surface area contributed by atoms with E-state index in [0.29, 0.717) is 17.4 Å². The molecule has 1 saturated heterocycles. The van der Waals surface area contributed by atoms with Crippen LogP contribution in [0.15, 0.2) is 29.3 Å². The van der Waals surface area contributed by atoms with E-state index in [1.54, 1.807) is 4.57 Å². The summed E-state index contributed by atoms with van der Waals surface area (Å²) in [6.07, 6.45) is 1.51. The highest BCUT2D eigenvalue weighted by molar-refractivity contribution is 5.77. The largest absolute Gasteiger partial charge is 0.314 e. The summed E-state index contributed by atoms with van der Waals surface area (Å²) in [5.74, 6) is -0.372. The monoisotopic (exact) mass is 276 g/mol. The highest BCUT2D eigenvalue weighted by Crippen LogP contribution is 2.08. The summed E-state index contributed by atoms with van der Waals surface area (Å²) < 4.78 is 14.7. The van der Waals surface area contributed by atoms with Crippen LogP contribution in [0.3, 0.4) is 0 Å². The molecule has 20 heavy (non-hydrogen) atoms. The zero-order chi connectivity index (χ0) is 13.9. The fraction of sp³-hybridized carbons (Fsp3) is 0.429. The summed E-state index contributed by atoms with van der Waals surface area (Å²) >= 11 is 0. The molecule has 0 amide bonds. The first-order chi connectivity index (χ1) is 9.74. The van der Waals surface area contributed by atoms with Gasteiger partial charge in [-0.2, -0.15) is 0 Å². The summed E-state index contributed by atoms with van der Waals surface area (Å²) in [6.45, 7) is 5.42. The van der Waals surface area contributed by atoms with Gasteiger partial charge in [-0.05, 0) is 12.1 Å². The Balaban J connectivity index is 1.79. The Morgan fingerprint density at radius 1 is 1.25 bits per heavy atom. The molecule has 2 heterocycles. The molecule has 0 aliphatic carbocycles. The summed E-state index contributed by atoms with van der Waals surface area (Å²) in [7, 11) is 0. The van der Waals surface area contributed by atoms with Crippen LogP contribution in [0.5, 0.6) is 0 Å². The molecule has 0 spiro atoms. The van der Waals surface area contributed by atoms with E-state index in [1.807, 2.05) is 0 Å². The third-order valence-corrected chi connectivity index (χ3v) is 3.65. The first-order valence-corrected chi connectivity index (χ1v) is 6.82. The van der Waals surface area contributed by atoms with E-state index >= 15 is 0 Å². The third-order valence-electron chi connectivity index (χ3n) is 3.65. The number of benzene rings is 1. The van der Waals surface area contributed by atoms with Crippen LogP contribution >= 0.6 is 0 Å². The van der Waals surface area contributed by atoms with Gasteiger partial charge in [0, 0.05) is 45.3 Å². The van der Waals surface area contributed by atoms with Gasteiger partial charge >= 0.3 is 0 Å². The van der Waals surface area contributed by atoms with Crippen LogP contribution in [-0.4, -0.2) is 47.2 Å². The SMILES string of the molecule is O=c1c2ccc(F)cc2ncn1CCN1CCNCC1. The highest BCUT2D eigenvalue weighted by Gasteiger charge is 2.10. The van der Waals surface area contributed by atoms with Crippen molar-refractivity contribution < 1.29 is 4.39 Å². The average molecular weight is 276 g/mol. The van der Waals surface area contributed by atoms with E-state index in [0.717, 1.165) is 32.7 Å². The van der Waals surface area contributed by atoms with Crippen LogP contribution in [0.4, 0.5) is 4.39 Å². The van der Waals surface area contributed by atoms with Crippen LogP contribution in [0.25, 0.3) is 10.9 Å². The van der Waals surface area contributed by atoms with Crippen molar-refractivity contribution in [2.24, 2.45) is 0 Å². The second kappa shape index (κ2) is 5.68. The molecule has 1 fully saturated rings. The zero-order valence-corrected chi connectivity index (χ0v) is 11.2. The smallest absolute Gasteiger partial charge is 0.261 e. The van der Waals surface area contributed by atoms with Gasteiger partial charge in [0.25, 0.3) is 5.56 Å².